The maximum Gasteiger partial charge on any atom is 0.272 e. The molecule has 2 heteroatoms. The molecule has 0 saturated carbocycles. The highest BCUT2D eigenvalue weighted by atomic mass is 19.3. The van der Waals surface area contributed by atoms with Crippen LogP contribution in [0.2, 0.25) is 0 Å². The second kappa shape index (κ2) is 5.07. The van der Waals surface area contributed by atoms with Gasteiger partial charge in [-0.25, -0.2) is 8.78 Å². The third-order valence-corrected chi connectivity index (χ3v) is 1.66. The fraction of sp³-hybridized carbons (Fsp3) is 0.600. The van der Waals surface area contributed by atoms with Gasteiger partial charge in [0.1, 0.15) is 0 Å². The minimum atomic E-state index is -2.71. The Bertz CT molecular complexity index is 169. The molecular formula is C10H16F2. The van der Waals surface area contributed by atoms with Gasteiger partial charge in [0.25, 0.3) is 5.92 Å². The van der Waals surface area contributed by atoms with Gasteiger partial charge in [-0.3, -0.25) is 0 Å². The predicted octanol–water partition coefficient (Wildman–Crippen LogP) is 3.80. The van der Waals surface area contributed by atoms with E-state index in [4.69, 9.17) is 0 Å². The van der Waals surface area contributed by atoms with Crippen LogP contribution in [0.4, 0.5) is 8.78 Å². The summed E-state index contributed by atoms with van der Waals surface area (Å²) in [5.74, 6) is -3.42. The zero-order valence-corrected chi connectivity index (χ0v) is 7.85. The van der Waals surface area contributed by atoms with Crippen molar-refractivity contribution in [1.82, 2.24) is 0 Å². The number of allylic oxidation sites excluding steroid dienone is 4. The summed E-state index contributed by atoms with van der Waals surface area (Å²) >= 11 is 0. The molecule has 0 aliphatic heterocycles. The van der Waals surface area contributed by atoms with E-state index in [1.165, 1.54) is 19.1 Å². The maximum atomic E-state index is 13.1. The zero-order chi connectivity index (χ0) is 9.61. The molecule has 0 saturated heterocycles. The van der Waals surface area contributed by atoms with Gasteiger partial charge < -0.3 is 0 Å². The van der Waals surface area contributed by atoms with Crippen LogP contribution in [0, 0.1) is 5.92 Å². The van der Waals surface area contributed by atoms with Crippen LogP contribution in [0.25, 0.3) is 0 Å². The van der Waals surface area contributed by atoms with Crippen molar-refractivity contribution in [1.29, 1.82) is 0 Å². The summed E-state index contributed by atoms with van der Waals surface area (Å²) in [6.45, 7) is 5.10. The fourth-order valence-electron chi connectivity index (χ4n) is 0.844. The highest BCUT2D eigenvalue weighted by molar-refractivity contribution is 5.03. The summed E-state index contributed by atoms with van der Waals surface area (Å²) in [6.07, 6.45) is 6.30. The Hall–Kier alpha value is -0.660. The van der Waals surface area contributed by atoms with Crippen LogP contribution in [0.15, 0.2) is 24.3 Å². The first kappa shape index (κ1) is 11.3. The molecule has 0 nitrogen and oxygen atoms in total. The van der Waals surface area contributed by atoms with E-state index in [1.54, 1.807) is 13.0 Å². The monoisotopic (exact) mass is 174 g/mol. The van der Waals surface area contributed by atoms with Crippen molar-refractivity contribution in [2.24, 2.45) is 5.92 Å². The molecule has 0 heterocycles. The molecule has 70 valence electrons. The second-order valence-corrected chi connectivity index (χ2v) is 2.80. The van der Waals surface area contributed by atoms with E-state index in [-0.39, 0.29) is 0 Å². The van der Waals surface area contributed by atoms with Crippen molar-refractivity contribution < 1.29 is 8.78 Å². The fourth-order valence-corrected chi connectivity index (χ4v) is 0.844. The van der Waals surface area contributed by atoms with Gasteiger partial charge in [0, 0.05) is 5.92 Å². The maximum absolute atomic E-state index is 13.1. The molecule has 0 aliphatic carbocycles. The lowest BCUT2D eigenvalue weighted by molar-refractivity contribution is 0.0175. The van der Waals surface area contributed by atoms with Gasteiger partial charge in [0.2, 0.25) is 0 Å². The lowest BCUT2D eigenvalue weighted by Crippen LogP contribution is -2.21. The average molecular weight is 174 g/mol. The Morgan fingerprint density at radius 1 is 1.42 bits per heavy atom. The Kier molecular flexibility index (Phi) is 4.79. The smallest absolute Gasteiger partial charge is 0.201 e. The van der Waals surface area contributed by atoms with Crippen LogP contribution in [0.1, 0.15) is 27.2 Å². The van der Waals surface area contributed by atoms with Gasteiger partial charge >= 0.3 is 0 Å². The van der Waals surface area contributed by atoms with E-state index in [0.29, 0.717) is 6.42 Å². The van der Waals surface area contributed by atoms with E-state index in [9.17, 15) is 8.78 Å². The molecule has 0 N–H and O–H groups in total. The van der Waals surface area contributed by atoms with Crippen molar-refractivity contribution in [3.05, 3.63) is 24.3 Å². The topological polar surface area (TPSA) is 0 Å². The van der Waals surface area contributed by atoms with E-state index in [2.05, 4.69) is 0 Å². The number of hydrogen-bond acceptors (Lipinski definition) is 0. The summed E-state index contributed by atoms with van der Waals surface area (Å²) in [5.41, 5.74) is 0. The van der Waals surface area contributed by atoms with Gasteiger partial charge in [0.15, 0.2) is 0 Å². The molecule has 0 spiro atoms. The number of hydrogen-bond donors (Lipinski definition) is 0. The van der Waals surface area contributed by atoms with Gasteiger partial charge in [-0.1, -0.05) is 32.1 Å². The molecular weight excluding hydrogens is 158 g/mol. The molecule has 12 heavy (non-hydrogen) atoms. The van der Waals surface area contributed by atoms with Crippen LogP contribution >= 0.6 is 0 Å². The molecule has 0 aliphatic rings. The summed E-state index contributed by atoms with van der Waals surface area (Å²) in [6, 6.07) is 0. The van der Waals surface area contributed by atoms with Crippen LogP contribution < -0.4 is 0 Å². The van der Waals surface area contributed by atoms with E-state index >= 15 is 0 Å². The minimum Gasteiger partial charge on any atom is -0.201 e. The van der Waals surface area contributed by atoms with E-state index in [1.807, 2.05) is 6.92 Å². The van der Waals surface area contributed by atoms with Crippen LogP contribution in [-0.2, 0) is 0 Å². The SMILES string of the molecule is C/C=C/C(C)C(F)(F)C=CCC. The molecule has 0 aromatic carbocycles. The van der Waals surface area contributed by atoms with E-state index in [0.717, 1.165) is 6.08 Å². The molecule has 1 unspecified atom stereocenters. The molecule has 0 fully saturated rings. The van der Waals surface area contributed by atoms with Gasteiger partial charge in [-0.05, 0) is 19.4 Å². The number of halogens is 2. The average Bonchev–Trinajstić information content (AvgIpc) is 2.01. The Morgan fingerprint density at radius 2 is 2.00 bits per heavy atom. The standard InChI is InChI=1S/C10H16F2/c1-4-6-8-10(11,12)9(3)7-5-2/h5-9H,4H2,1-3H3/b7-5+,8-6?. The van der Waals surface area contributed by atoms with Gasteiger partial charge in [-0.2, -0.15) is 0 Å². The normalized spacial score (nSPS) is 16.1. The first-order valence-electron chi connectivity index (χ1n) is 4.23. The second-order valence-electron chi connectivity index (χ2n) is 2.80. The molecule has 0 aromatic rings. The highest BCUT2D eigenvalue weighted by Crippen LogP contribution is 2.26. The lowest BCUT2D eigenvalue weighted by atomic mass is 10.0. The number of rotatable bonds is 4. The van der Waals surface area contributed by atoms with Crippen molar-refractivity contribution >= 4 is 0 Å². The summed E-state index contributed by atoms with van der Waals surface area (Å²) in [7, 11) is 0. The first-order chi connectivity index (χ1) is 5.54. The Balaban J connectivity index is 4.27. The van der Waals surface area contributed by atoms with E-state index < -0.39 is 11.8 Å². The van der Waals surface area contributed by atoms with Gasteiger partial charge in [-0.15, -0.1) is 0 Å². The molecule has 0 rings (SSSR count). The lowest BCUT2D eigenvalue weighted by Gasteiger charge is -2.16. The first-order valence-corrected chi connectivity index (χ1v) is 4.23. The highest BCUT2D eigenvalue weighted by Gasteiger charge is 2.30. The Morgan fingerprint density at radius 3 is 2.42 bits per heavy atom. The minimum absolute atomic E-state index is 0.651. The quantitative estimate of drug-likeness (QED) is 0.569. The van der Waals surface area contributed by atoms with Gasteiger partial charge in [0.05, 0.1) is 0 Å². The zero-order valence-electron chi connectivity index (χ0n) is 7.85. The summed E-state index contributed by atoms with van der Waals surface area (Å²) < 4.78 is 26.1. The largest absolute Gasteiger partial charge is 0.272 e. The number of alkyl halides is 2. The van der Waals surface area contributed by atoms with Crippen LogP contribution in [-0.4, -0.2) is 5.92 Å². The molecule has 0 bridgehead atoms. The van der Waals surface area contributed by atoms with Crippen molar-refractivity contribution in [2.75, 3.05) is 0 Å². The van der Waals surface area contributed by atoms with Crippen molar-refractivity contribution in [3.63, 3.8) is 0 Å². The van der Waals surface area contributed by atoms with Crippen molar-refractivity contribution in [3.8, 4) is 0 Å². The third kappa shape index (κ3) is 3.65. The molecule has 0 radical (unpaired) electrons. The Labute approximate surface area is 73.0 Å². The third-order valence-electron chi connectivity index (χ3n) is 1.66. The molecule has 0 amide bonds. The predicted molar refractivity (Wildman–Crippen MR) is 48.4 cm³/mol. The molecule has 0 aromatic heterocycles. The summed E-state index contributed by atoms with van der Waals surface area (Å²) in [4.78, 5) is 0. The van der Waals surface area contributed by atoms with Crippen LogP contribution in [0.5, 0.6) is 0 Å². The molecule has 1 atom stereocenters. The van der Waals surface area contributed by atoms with Crippen LogP contribution in [0.3, 0.4) is 0 Å². The summed E-state index contributed by atoms with van der Waals surface area (Å²) in [5, 5.41) is 0. The van der Waals surface area contributed by atoms with Crippen molar-refractivity contribution in [2.45, 2.75) is 33.1 Å².